The first-order valence-electron chi connectivity index (χ1n) is 9.62. The SMILES string of the molecule is CC[NH+](CC)CCCN1C(=O)C(=O)C(=C([O-])c2ccncc2)C1c1ccco1. The third kappa shape index (κ3) is 3.84. The maximum atomic E-state index is 13.0. The zero-order chi connectivity index (χ0) is 20.1. The number of quaternary nitrogens is 1. The van der Waals surface area contributed by atoms with Crippen molar-refractivity contribution in [3.05, 3.63) is 59.8 Å². The number of amides is 1. The van der Waals surface area contributed by atoms with E-state index in [0.717, 1.165) is 26.1 Å². The van der Waals surface area contributed by atoms with E-state index in [0.29, 0.717) is 17.9 Å². The Morgan fingerprint density at radius 2 is 1.93 bits per heavy atom. The highest BCUT2D eigenvalue weighted by Crippen LogP contribution is 2.38. The van der Waals surface area contributed by atoms with Crippen LogP contribution >= 0.6 is 0 Å². The fourth-order valence-corrected chi connectivity index (χ4v) is 3.61. The van der Waals surface area contributed by atoms with Crippen molar-refractivity contribution in [2.45, 2.75) is 26.3 Å². The van der Waals surface area contributed by atoms with Crippen LogP contribution in [0, 0.1) is 0 Å². The lowest BCUT2D eigenvalue weighted by atomic mass is 10.00. The van der Waals surface area contributed by atoms with Gasteiger partial charge in [0.25, 0.3) is 5.91 Å². The van der Waals surface area contributed by atoms with E-state index >= 15 is 0 Å². The molecule has 7 heteroatoms. The molecule has 1 aliphatic rings. The highest BCUT2D eigenvalue weighted by Gasteiger charge is 2.45. The number of pyridine rings is 1. The van der Waals surface area contributed by atoms with Gasteiger partial charge in [-0.15, -0.1) is 0 Å². The van der Waals surface area contributed by atoms with Gasteiger partial charge in [0.2, 0.25) is 5.78 Å². The molecule has 1 atom stereocenters. The molecule has 1 fully saturated rings. The van der Waals surface area contributed by atoms with Crippen LogP contribution < -0.4 is 10.0 Å². The maximum Gasteiger partial charge on any atom is 0.295 e. The molecule has 1 aliphatic heterocycles. The van der Waals surface area contributed by atoms with Crippen LogP contribution in [0.5, 0.6) is 0 Å². The Kier molecular flexibility index (Phi) is 6.26. The number of carbonyl (C=O) groups excluding carboxylic acids is 2. The number of likely N-dealkylation sites (tertiary alicyclic amines) is 1. The van der Waals surface area contributed by atoms with Crippen LogP contribution in [0.25, 0.3) is 5.76 Å². The lowest BCUT2D eigenvalue weighted by Crippen LogP contribution is -3.11. The number of rotatable bonds is 8. The molecule has 0 bridgehead atoms. The fourth-order valence-electron chi connectivity index (χ4n) is 3.61. The molecular formula is C21H25N3O4. The van der Waals surface area contributed by atoms with Crippen molar-refractivity contribution in [2.24, 2.45) is 0 Å². The van der Waals surface area contributed by atoms with E-state index in [1.54, 1.807) is 24.3 Å². The summed E-state index contributed by atoms with van der Waals surface area (Å²) in [5.41, 5.74) is 0.276. The Labute approximate surface area is 164 Å². The molecule has 1 N–H and O–H groups in total. The number of hydrogen-bond donors (Lipinski definition) is 1. The van der Waals surface area contributed by atoms with Crippen molar-refractivity contribution in [1.29, 1.82) is 0 Å². The average Bonchev–Trinajstić information content (AvgIpc) is 3.33. The first-order valence-corrected chi connectivity index (χ1v) is 9.62. The molecule has 3 rings (SSSR count). The third-order valence-corrected chi connectivity index (χ3v) is 5.21. The normalized spacial score (nSPS) is 19.0. The van der Waals surface area contributed by atoms with Crippen LogP contribution in [0.2, 0.25) is 0 Å². The molecular weight excluding hydrogens is 358 g/mol. The van der Waals surface area contributed by atoms with Crippen molar-refractivity contribution < 1.29 is 24.0 Å². The Bertz CT molecular complexity index is 842. The summed E-state index contributed by atoms with van der Waals surface area (Å²) in [6.07, 6.45) is 5.20. The first-order chi connectivity index (χ1) is 13.6. The van der Waals surface area contributed by atoms with Crippen molar-refractivity contribution in [3.63, 3.8) is 0 Å². The van der Waals surface area contributed by atoms with Crippen LogP contribution in [-0.2, 0) is 9.59 Å². The van der Waals surface area contributed by atoms with E-state index in [-0.39, 0.29) is 5.57 Å². The summed E-state index contributed by atoms with van der Waals surface area (Å²) in [6.45, 7) is 7.53. The van der Waals surface area contributed by atoms with E-state index in [9.17, 15) is 14.7 Å². The second-order valence-corrected chi connectivity index (χ2v) is 6.78. The Morgan fingerprint density at radius 1 is 1.21 bits per heavy atom. The minimum Gasteiger partial charge on any atom is -0.872 e. The summed E-state index contributed by atoms with van der Waals surface area (Å²) in [5.74, 6) is -1.43. The van der Waals surface area contributed by atoms with Crippen LogP contribution in [0.3, 0.4) is 0 Å². The monoisotopic (exact) mass is 383 g/mol. The standard InChI is InChI=1S/C21H25N3O4/c1-3-23(4-2)12-6-13-24-18(16-7-5-14-28-16)17(20(26)21(24)27)19(25)15-8-10-22-11-9-15/h5,7-11,14,18,25H,3-4,6,12-13H2,1-2H3. The van der Waals surface area contributed by atoms with Gasteiger partial charge in [-0.05, 0) is 43.7 Å². The lowest BCUT2D eigenvalue weighted by molar-refractivity contribution is -0.896. The lowest BCUT2D eigenvalue weighted by Gasteiger charge is -2.26. The number of nitrogens with zero attached hydrogens (tertiary/aromatic N) is 2. The number of ketones is 1. The Hall–Kier alpha value is -2.93. The van der Waals surface area contributed by atoms with Crippen molar-refractivity contribution in [1.82, 2.24) is 9.88 Å². The van der Waals surface area contributed by atoms with Gasteiger partial charge < -0.3 is 19.3 Å². The average molecular weight is 383 g/mol. The predicted octanol–water partition coefficient (Wildman–Crippen LogP) is 0.213. The van der Waals surface area contributed by atoms with Crippen LogP contribution in [0.4, 0.5) is 0 Å². The molecule has 0 radical (unpaired) electrons. The van der Waals surface area contributed by atoms with Gasteiger partial charge in [-0.3, -0.25) is 14.6 Å². The van der Waals surface area contributed by atoms with Crippen LogP contribution in [0.15, 0.2) is 52.9 Å². The molecule has 0 spiro atoms. The van der Waals surface area contributed by atoms with Gasteiger partial charge in [-0.1, -0.05) is 5.76 Å². The van der Waals surface area contributed by atoms with Gasteiger partial charge in [0.1, 0.15) is 11.8 Å². The Morgan fingerprint density at radius 3 is 2.54 bits per heavy atom. The second-order valence-electron chi connectivity index (χ2n) is 6.78. The third-order valence-electron chi connectivity index (χ3n) is 5.21. The zero-order valence-electron chi connectivity index (χ0n) is 16.2. The highest BCUT2D eigenvalue weighted by atomic mass is 16.3. The molecule has 0 saturated carbocycles. The minimum atomic E-state index is -0.789. The van der Waals surface area contributed by atoms with Crippen LogP contribution in [-0.4, -0.2) is 47.8 Å². The topological polar surface area (TPSA) is 90.9 Å². The molecule has 0 aromatic carbocycles. The van der Waals surface area contributed by atoms with Gasteiger partial charge in [0.15, 0.2) is 0 Å². The minimum absolute atomic E-state index is 0.0543. The molecule has 28 heavy (non-hydrogen) atoms. The van der Waals surface area contributed by atoms with E-state index in [1.807, 2.05) is 0 Å². The van der Waals surface area contributed by atoms with Crippen molar-refractivity contribution in [3.8, 4) is 0 Å². The van der Waals surface area contributed by atoms with Gasteiger partial charge >= 0.3 is 0 Å². The molecule has 7 nitrogen and oxygen atoms in total. The quantitative estimate of drug-likeness (QED) is 0.400. The summed E-state index contributed by atoms with van der Waals surface area (Å²) in [5, 5.41) is 13.0. The maximum absolute atomic E-state index is 13.0. The molecule has 1 unspecified atom stereocenters. The van der Waals surface area contributed by atoms with Crippen molar-refractivity contribution >= 4 is 17.4 Å². The number of hydrogen-bond acceptors (Lipinski definition) is 5. The molecule has 148 valence electrons. The van der Waals surface area contributed by atoms with Crippen molar-refractivity contribution in [2.75, 3.05) is 26.2 Å². The summed E-state index contributed by atoms with van der Waals surface area (Å²) in [7, 11) is 0. The smallest absolute Gasteiger partial charge is 0.295 e. The van der Waals surface area contributed by atoms with E-state index in [4.69, 9.17) is 4.42 Å². The number of carbonyl (C=O) groups is 2. The summed E-state index contributed by atoms with van der Waals surface area (Å²) >= 11 is 0. The first kappa shape index (κ1) is 19.8. The largest absolute Gasteiger partial charge is 0.872 e. The number of furan rings is 1. The van der Waals surface area contributed by atoms with E-state index < -0.39 is 23.5 Å². The highest BCUT2D eigenvalue weighted by molar-refractivity contribution is 6.46. The second kappa shape index (κ2) is 8.84. The number of aromatic nitrogens is 1. The molecule has 2 aromatic rings. The zero-order valence-corrected chi connectivity index (χ0v) is 16.2. The van der Waals surface area contributed by atoms with Gasteiger partial charge in [0, 0.05) is 30.9 Å². The predicted molar refractivity (Wildman–Crippen MR) is 101 cm³/mol. The molecule has 1 amide bonds. The van der Waals surface area contributed by atoms with Gasteiger partial charge in [-0.25, -0.2) is 0 Å². The van der Waals surface area contributed by atoms with E-state index in [2.05, 4.69) is 18.8 Å². The van der Waals surface area contributed by atoms with Gasteiger partial charge in [-0.2, -0.15) is 0 Å². The molecule has 0 aliphatic carbocycles. The summed E-state index contributed by atoms with van der Waals surface area (Å²) < 4.78 is 5.49. The molecule has 3 heterocycles. The van der Waals surface area contributed by atoms with E-state index in [1.165, 1.54) is 28.5 Å². The van der Waals surface area contributed by atoms with Crippen LogP contribution in [0.1, 0.15) is 37.6 Å². The van der Waals surface area contributed by atoms with Gasteiger partial charge in [0.05, 0.1) is 25.9 Å². The summed E-state index contributed by atoms with van der Waals surface area (Å²) in [6, 6.07) is 5.67. The fraction of sp³-hybridized carbons (Fsp3) is 0.381. The molecule has 2 aromatic heterocycles. The number of nitrogens with one attached hydrogen (secondary N) is 1. The number of Topliss-reactive ketones (excluding diaryl/α,β-unsaturated/α-hetero) is 1. The molecule has 1 saturated heterocycles. The Balaban J connectivity index is 1.94. The summed E-state index contributed by atoms with van der Waals surface area (Å²) in [4.78, 5) is 32.2.